The zero-order chi connectivity index (χ0) is 19.5. The van der Waals surface area contributed by atoms with Crippen molar-refractivity contribution in [3.63, 3.8) is 0 Å². The van der Waals surface area contributed by atoms with E-state index >= 15 is 0 Å². The van der Waals surface area contributed by atoms with Gasteiger partial charge in [0.1, 0.15) is 5.65 Å². The summed E-state index contributed by atoms with van der Waals surface area (Å²) in [6.45, 7) is 0.871. The van der Waals surface area contributed by atoms with Crippen molar-refractivity contribution in [1.82, 2.24) is 14.7 Å². The molecular weight excluding hydrogens is 366 g/mol. The monoisotopic (exact) mass is 381 g/mol. The van der Waals surface area contributed by atoms with Crippen molar-refractivity contribution in [2.24, 2.45) is 4.99 Å². The number of imidazole rings is 1. The van der Waals surface area contributed by atoms with E-state index in [0.29, 0.717) is 22.6 Å². The molecule has 0 atom stereocenters. The van der Waals surface area contributed by atoms with Crippen LogP contribution in [0.2, 0.25) is 0 Å². The molecule has 0 unspecified atom stereocenters. The van der Waals surface area contributed by atoms with Gasteiger partial charge in [0.2, 0.25) is 0 Å². The lowest BCUT2D eigenvalue weighted by molar-refractivity contribution is -0.123. The third kappa shape index (κ3) is 2.18. The molecule has 2 aromatic heterocycles. The van der Waals surface area contributed by atoms with Gasteiger partial charge in [-0.15, -0.1) is 0 Å². The third-order valence-electron chi connectivity index (χ3n) is 5.58. The standard InChI is InChI=1S/C22H15N5O2/c28-21-17(15-12-24-16-6-1-2-9-27(15)16)18(22(29)25-21)19-14-5-3-4-13-7-10-26(20(13)14)11-8-23-19/h1-6,8-9,11-12H,7,10H2,(H,25,28,29). The van der Waals surface area contributed by atoms with Gasteiger partial charge < -0.3 is 4.90 Å². The van der Waals surface area contributed by atoms with Gasteiger partial charge in [0.25, 0.3) is 11.8 Å². The van der Waals surface area contributed by atoms with Gasteiger partial charge in [0.05, 0.1) is 34.4 Å². The van der Waals surface area contributed by atoms with E-state index in [9.17, 15) is 9.59 Å². The van der Waals surface area contributed by atoms with Crippen LogP contribution in [0, 0.1) is 0 Å². The van der Waals surface area contributed by atoms with E-state index in [2.05, 4.69) is 26.3 Å². The van der Waals surface area contributed by atoms with Gasteiger partial charge in [-0.05, 0) is 24.1 Å². The van der Waals surface area contributed by atoms with Crippen LogP contribution in [0.5, 0.6) is 0 Å². The highest BCUT2D eigenvalue weighted by atomic mass is 16.2. The van der Waals surface area contributed by atoms with Crippen molar-refractivity contribution in [3.8, 4) is 0 Å². The molecule has 0 saturated carbocycles. The number of aliphatic imine (C=N–C) groups is 1. The summed E-state index contributed by atoms with van der Waals surface area (Å²) < 4.78 is 1.81. The summed E-state index contributed by atoms with van der Waals surface area (Å²) in [6.07, 6.45) is 8.00. The van der Waals surface area contributed by atoms with E-state index in [1.165, 1.54) is 5.56 Å². The molecule has 7 nitrogen and oxygen atoms in total. The Labute approximate surface area is 165 Å². The Morgan fingerprint density at radius 2 is 1.90 bits per heavy atom. The number of carbonyl (C=O) groups excluding carboxylic acids is 2. The molecule has 1 aromatic carbocycles. The lowest BCUT2D eigenvalue weighted by atomic mass is 9.94. The fourth-order valence-electron chi connectivity index (χ4n) is 4.33. The molecular formula is C22H15N5O2. The quantitative estimate of drug-likeness (QED) is 0.690. The van der Waals surface area contributed by atoms with E-state index in [4.69, 9.17) is 0 Å². The van der Waals surface area contributed by atoms with Crippen LogP contribution >= 0.6 is 0 Å². The number of aromatic nitrogens is 2. The van der Waals surface area contributed by atoms with Gasteiger partial charge in [-0.1, -0.05) is 24.3 Å². The van der Waals surface area contributed by atoms with Crippen LogP contribution in [0.25, 0.3) is 11.2 Å². The highest BCUT2D eigenvalue weighted by Crippen LogP contribution is 2.37. The van der Waals surface area contributed by atoms with Crippen molar-refractivity contribution in [2.45, 2.75) is 6.42 Å². The summed E-state index contributed by atoms with van der Waals surface area (Å²) in [7, 11) is 0. The number of para-hydroxylation sites is 1. The Balaban J connectivity index is 1.64. The number of benzene rings is 1. The molecule has 3 aliphatic heterocycles. The van der Waals surface area contributed by atoms with Crippen LogP contribution in [0.3, 0.4) is 0 Å². The van der Waals surface area contributed by atoms with Crippen molar-refractivity contribution in [3.05, 3.63) is 83.6 Å². The third-order valence-corrected chi connectivity index (χ3v) is 5.58. The Kier molecular flexibility index (Phi) is 3.17. The lowest BCUT2D eigenvalue weighted by Gasteiger charge is -2.17. The number of anilines is 1. The first-order valence-electron chi connectivity index (χ1n) is 9.38. The van der Waals surface area contributed by atoms with Gasteiger partial charge >= 0.3 is 0 Å². The predicted molar refractivity (Wildman–Crippen MR) is 108 cm³/mol. The molecule has 0 spiro atoms. The summed E-state index contributed by atoms with van der Waals surface area (Å²) in [6, 6.07) is 11.6. The minimum Gasteiger partial charge on any atom is -0.345 e. The van der Waals surface area contributed by atoms with Crippen LogP contribution in [-0.4, -0.2) is 33.5 Å². The maximum Gasteiger partial charge on any atom is 0.261 e. The molecule has 7 heteroatoms. The molecule has 140 valence electrons. The molecule has 0 aliphatic carbocycles. The molecule has 1 N–H and O–H groups in total. The van der Waals surface area contributed by atoms with Gasteiger partial charge in [-0.3, -0.25) is 24.3 Å². The number of fused-ring (bicyclic) bond motifs is 1. The number of hydrogen-bond acceptors (Lipinski definition) is 5. The molecule has 6 rings (SSSR count). The number of imide groups is 1. The summed E-state index contributed by atoms with van der Waals surface area (Å²) in [5.74, 6) is -0.872. The maximum atomic E-state index is 12.9. The Morgan fingerprint density at radius 1 is 1.00 bits per heavy atom. The van der Waals surface area contributed by atoms with Crippen LogP contribution in [0.4, 0.5) is 5.69 Å². The number of hydrogen-bond donors (Lipinski definition) is 1. The van der Waals surface area contributed by atoms with Crippen LogP contribution < -0.4 is 10.2 Å². The average Bonchev–Trinajstić information content (AvgIpc) is 3.37. The maximum absolute atomic E-state index is 12.9. The van der Waals surface area contributed by atoms with E-state index in [1.54, 1.807) is 12.4 Å². The topological polar surface area (TPSA) is 79.1 Å². The second kappa shape index (κ2) is 5.75. The average molecular weight is 381 g/mol. The Morgan fingerprint density at radius 3 is 2.83 bits per heavy atom. The summed E-state index contributed by atoms with van der Waals surface area (Å²) in [4.78, 5) is 36.8. The second-order valence-electron chi connectivity index (χ2n) is 7.14. The Bertz CT molecular complexity index is 1330. The molecule has 0 bridgehead atoms. The molecule has 0 saturated heterocycles. The van der Waals surface area contributed by atoms with Crippen molar-refractivity contribution in [2.75, 3.05) is 11.4 Å². The molecule has 5 heterocycles. The fraction of sp³-hybridized carbons (Fsp3) is 0.0909. The molecule has 29 heavy (non-hydrogen) atoms. The van der Waals surface area contributed by atoms with Crippen molar-refractivity contribution < 1.29 is 9.59 Å². The van der Waals surface area contributed by atoms with E-state index in [1.807, 2.05) is 47.1 Å². The summed E-state index contributed by atoms with van der Waals surface area (Å²) >= 11 is 0. The normalized spacial score (nSPS) is 17.7. The largest absolute Gasteiger partial charge is 0.345 e. The lowest BCUT2D eigenvalue weighted by Crippen LogP contribution is -2.25. The van der Waals surface area contributed by atoms with Crippen LogP contribution in [0.1, 0.15) is 16.8 Å². The molecule has 2 amide bonds. The number of rotatable bonds is 2. The zero-order valence-electron chi connectivity index (χ0n) is 15.3. The Hall–Kier alpha value is -4.00. The van der Waals surface area contributed by atoms with Gasteiger partial charge in [-0.25, -0.2) is 4.98 Å². The van der Waals surface area contributed by atoms with Gasteiger partial charge in [-0.2, -0.15) is 0 Å². The molecule has 0 radical (unpaired) electrons. The summed E-state index contributed by atoms with van der Waals surface area (Å²) in [5.41, 5.74) is 5.48. The predicted octanol–water partition coefficient (Wildman–Crippen LogP) is 2.08. The van der Waals surface area contributed by atoms with Gasteiger partial charge in [0.15, 0.2) is 0 Å². The van der Waals surface area contributed by atoms with Crippen LogP contribution in [0.15, 0.2) is 71.8 Å². The first kappa shape index (κ1) is 16.0. The first-order valence-corrected chi connectivity index (χ1v) is 9.38. The minimum absolute atomic E-state index is 0.285. The highest BCUT2D eigenvalue weighted by Gasteiger charge is 2.38. The molecule has 0 fully saturated rings. The summed E-state index contributed by atoms with van der Waals surface area (Å²) in [5, 5.41) is 2.45. The SMILES string of the molecule is O=C1NC(=O)C(c2cnc3ccccn23)=C1C1=NC=CN2CCc3cccc1c32. The molecule has 3 aliphatic rings. The number of carbonyl (C=O) groups is 2. The van der Waals surface area contributed by atoms with Crippen LogP contribution in [-0.2, 0) is 16.0 Å². The number of nitrogens with zero attached hydrogens (tertiary/aromatic N) is 4. The number of pyridine rings is 1. The first-order chi connectivity index (χ1) is 14.2. The van der Waals surface area contributed by atoms with E-state index in [0.717, 1.165) is 24.2 Å². The highest BCUT2D eigenvalue weighted by molar-refractivity contribution is 6.47. The second-order valence-corrected chi connectivity index (χ2v) is 7.14. The zero-order valence-corrected chi connectivity index (χ0v) is 15.3. The molecule has 3 aromatic rings. The minimum atomic E-state index is -0.438. The van der Waals surface area contributed by atoms with Crippen molar-refractivity contribution in [1.29, 1.82) is 0 Å². The fourth-order valence-corrected chi connectivity index (χ4v) is 4.33. The number of amides is 2. The number of nitrogens with one attached hydrogen (secondary N) is 1. The van der Waals surface area contributed by atoms with Crippen molar-refractivity contribution >= 4 is 34.4 Å². The van der Waals surface area contributed by atoms with Gasteiger partial charge in [0, 0.05) is 30.7 Å². The smallest absolute Gasteiger partial charge is 0.261 e. The van der Waals surface area contributed by atoms with E-state index in [-0.39, 0.29) is 5.57 Å². The van der Waals surface area contributed by atoms with E-state index < -0.39 is 11.8 Å².